The first-order chi connectivity index (χ1) is 15.1. The van der Waals surface area contributed by atoms with E-state index in [1.54, 1.807) is 18.2 Å². The molecule has 7 nitrogen and oxygen atoms in total. The Kier molecular flexibility index (Phi) is 5.68. The molecule has 160 valence electrons. The Morgan fingerprint density at radius 3 is 2.29 bits per heavy atom. The van der Waals surface area contributed by atoms with E-state index < -0.39 is 5.63 Å². The van der Waals surface area contributed by atoms with Crippen LogP contribution in [0.2, 0.25) is 0 Å². The fourth-order valence-electron chi connectivity index (χ4n) is 3.62. The highest BCUT2D eigenvalue weighted by atomic mass is 16.5. The molecule has 1 heterocycles. The largest absolute Gasteiger partial charge is 0.497 e. The minimum atomic E-state index is -0.594. The second-order valence-electron chi connectivity index (χ2n) is 6.85. The van der Waals surface area contributed by atoms with Gasteiger partial charge in [0.15, 0.2) is 11.3 Å². The van der Waals surface area contributed by atoms with Gasteiger partial charge in [-0.3, -0.25) is 0 Å². The van der Waals surface area contributed by atoms with Crippen molar-refractivity contribution in [2.75, 3.05) is 21.3 Å². The van der Waals surface area contributed by atoms with Gasteiger partial charge in [-0.2, -0.15) is 0 Å². The molecule has 0 aliphatic carbocycles. The maximum atomic E-state index is 13.0. The van der Waals surface area contributed by atoms with Crippen LogP contribution >= 0.6 is 0 Å². The molecule has 7 heteroatoms. The number of methoxy groups -OCH3 is 3. The SMILES string of the molecule is COc1cc(OC)c2c(=O)oc3c(OCc4ccccc4)c(OC)cc(CO)c3c2c1. The predicted molar refractivity (Wildman–Crippen MR) is 116 cm³/mol. The Labute approximate surface area is 178 Å². The zero-order chi connectivity index (χ0) is 22.0. The third-order valence-corrected chi connectivity index (χ3v) is 5.10. The number of aliphatic hydroxyl groups excluding tert-OH is 1. The van der Waals surface area contributed by atoms with E-state index in [1.807, 2.05) is 30.3 Å². The molecule has 3 aromatic carbocycles. The zero-order valence-electron chi connectivity index (χ0n) is 17.4. The first-order valence-corrected chi connectivity index (χ1v) is 9.61. The van der Waals surface area contributed by atoms with Gasteiger partial charge >= 0.3 is 5.63 Å². The lowest BCUT2D eigenvalue weighted by Gasteiger charge is -2.17. The summed E-state index contributed by atoms with van der Waals surface area (Å²) >= 11 is 0. The summed E-state index contributed by atoms with van der Waals surface area (Å²) in [4.78, 5) is 13.0. The highest BCUT2D eigenvalue weighted by Crippen LogP contribution is 2.43. The van der Waals surface area contributed by atoms with Gasteiger partial charge in [-0.25, -0.2) is 4.79 Å². The van der Waals surface area contributed by atoms with Crippen LogP contribution in [0.5, 0.6) is 23.0 Å². The van der Waals surface area contributed by atoms with Gasteiger partial charge in [-0.1, -0.05) is 30.3 Å². The van der Waals surface area contributed by atoms with Crippen LogP contribution in [0.15, 0.2) is 57.7 Å². The molecule has 4 rings (SSSR count). The Morgan fingerprint density at radius 1 is 0.903 bits per heavy atom. The number of rotatable bonds is 7. The van der Waals surface area contributed by atoms with E-state index in [4.69, 9.17) is 23.4 Å². The summed E-state index contributed by atoms with van der Waals surface area (Å²) in [5.41, 5.74) is 1.05. The molecule has 0 spiro atoms. The average Bonchev–Trinajstić information content (AvgIpc) is 2.81. The van der Waals surface area contributed by atoms with Gasteiger partial charge in [0.2, 0.25) is 5.75 Å². The molecular formula is C24H22O7. The van der Waals surface area contributed by atoms with Crippen molar-refractivity contribution in [3.63, 3.8) is 0 Å². The van der Waals surface area contributed by atoms with Crippen LogP contribution in [0.1, 0.15) is 11.1 Å². The lowest BCUT2D eigenvalue weighted by atomic mass is 10.0. The van der Waals surface area contributed by atoms with Gasteiger partial charge < -0.3 is 28.5 Å². The molecule has 31 heavy (non-hydrogen) atoms. The van der Waals surface area contributed by atoms with Crippen LogP contribution < -0.4 is 24.6 Å². The summed E-state index contributed by atoms with van der Waals surface area (Å²) < 4.78 is 28.0. The van der Waals surface area contributed by atoms with Crippen molar-refractivity contribution in [1.29, 1.82) is 0 Å². The summed E-state index contributed by atoms with van der Waals surface area (Å²) in [5, 5.41) is 11.4. The van der Waals surface area contributed by atoms with Gasteiger partial charge in [-0.15, -0.1) is 0 Å². The van der Waals surface area contributed by atoms with Crippen molar-refractivity contribution >= 4 is 21.7 Å². The highest BCUT2D eigenvalue weighted by molar-refractivity contribution is 6.10. The number of hydrogen-bond acceptors (Lipinski definition) is 7. The topological polar surface area (TPSA) is 87.4 Å². The number of hydrogen-bond donors (Lipinski definition) is 1. The molecule has 4 aromatic rings. The highest BCUT2D eigenvalue weighted by Gasteiger charge is 2.23. The van der Waals surface area contributed by atoms with Crippen molar-refractivity contribution in [3.8, 4) is 23.0 Å². The molecular weight excluding hydrogens is 400 g/mol. The van der Waals surface area contributed by atoms with Crippen LogP contribution in [-0.4, -0.2) is 26.4 Å². The molecule has 0 unspecified atom stereocenters. The Balaban J connectivity index is 2.04. The molecule has 0 radical (unpaired) electrons. The molecule has 0 atom stereocenters. The minimum Gasteiger partial charge on any atom is -0.497 e. The van der Waals surface area contributed by atoms with E-state index in [0.29, 0.717) is 33.6 Å². The summed E-state index contributed by atoms with van der Waals surface area (Å²) in [6.45, 7) is -0.0534. The van der Waals surface area contributed by atoms with Crippen LogP contribution in [0, 0.1) is 0 Å². The standard InChI is InChI=1S/C24H22O7/c1-27-16-10-17-20-15(12-25)9-19(29-3)22(30-13-14-7-5-4-6-8-14)23(20)31-24(26)21(17)18(11-16)28-2/h4-11,25H,12-13H2,1-3H3. The maximum Gasteiger partial charge on any atom is 0.348 e. The van der Waals surface area contributed by atoms with E-state index in [0.717, 1.165) is 5.56 Å². The van der Waals surface area contributed by atoms with Crippen LogP contribution in [-0.2, 0) is 13.2 Å². The Hall–Kier alpha value is -3.71. The number of fused-ring (bicyclic) bond motifs is 3. The zero-order valence-corrected chi connectivity index (χ0v) is 17.4. The first kappa shape index (κ1) is 20.6. The fraction of sp³-hybridized carbons (Fsp3) is 0.208. The van der Waals surface area contributed by atoms with Crippen molar-refractivity contribution in [2.24, 2.45) is 0 Å². The lowest BCUT2D eigenvalue weighted by Crippen LogP contribution is -2.07. The second-order valence-corrected chi connectivity index (χ2v) is 6.85. The molecule has 0 bridgehead atoms. The number of aliphatic hydroxyl groups is 1. The molecule has 0 saturated carbocycles. The third-order valence-electron chi connectivity index (χ3n) is 5.10. The summed E-state index contributed by atoms with van der Waals surface area (Å²) in [5.74, 6) is 1.45. The van der Waals surface area contributed by atoms with Crippen molar-refractivity contribution in [2.45, 2.75) is 13.2 Å². The lowest BCUT2D eigenvalue weighted by molar-refractivity contribution is 0.275. The second kappa shape index (κ2) is 8.57. The van der Waals surface area contributed by atoms with Crippen LogP contribution in [0.3, 0.4) is 0 Å². The molecule has 0 saturated heterocycles. The quantitative estimate of drug-likeness (QED) is 0.355. The molecule has 0 aliphatic rings. The van der Waals surface area contributed by atoms with Gasteiger partial charge in [-0.05, 0) is 23.3 Å². The molecule has 1 aromatic heterocycles. The molecule has 0 amide bonds. The van der Waals surface area contributed by atoms with E-state index in [2.05, 4.69) is 0 Å². The Morgan fingerprint density at radius 2 is 1.65 bits per heavy atom. The van der Waals surface area contributed by atoms with Gasteiger partial charge in [0.25, 0.3) is 0 Å². The van der Waals surface area contributed by atoms with Crippen molar-refractivity contribution in [3.05, 3.63) is 70.1 Å². The van der Waals surface area contributed by atoms with E-state index in [9.17, 15) is 9.90 Å². The fourth-order valence-corrected chi connectivity index (χ4v) is 3.62. The smallest absolute Gasteiger partial charge is 0.348 e. The van der Waals surface area contributed by atoms with Crippen LogP contribution in [0.4, 0.5) is 0 Å². The average molecular weight is 422 g/mol. The van der Waals surface area contributed by atoms with Crippen molar-refractivity contribution in [1.82, 2.24) is 0 Å². The van der Waals surface area contributed by atoms with Crippen LogP contribution in [0.25, 0.3) is 21.7 Å². The van der Waals surface area contributed by atoms with Gasteiger partial charge in [0.1, 0.15) is 23.5 Å². The minimum absolute atomic E-state index is 0.187. The third kappa shape index (κ3) is 3.64. The van der Waals surface area contributed by atoms with E-state index >= 15 is 0 Å². The van der Waals surface area contributed by atoms with Gasteiger partial charge in [0.05, 0.1) is 27.9 Å². The molecule has 1 N–H and O–H groups in total. The van der Waals surface area contributed by atoms with Crippen molar-refractivity contribution < 1.29 is 28.5 Å². The Bertz CT molecular complexity index is 1290. The normalized spacial score (nSPS) is 11.0. The maximum absolute atomic E-state index is 13.0. The summed E-state index contributed by atoms with van der Waals surface area (Å²) in [6, 6.07) is 14.6. The molecule has 0 aliphatic heterocycles. The van der Waals surface area contributed by atoms with Gasteiger partial charge in [0, 0.05) is 16.8 Å². The summed E-state index contributed by atoms with van der Waals surface area (Å²) in [7, 11) is 4.48. The number of benzene rings is 3. The summed E-state index contributed by atoms with van der Waals surface area (Å²) in [6.07, 6.45) is 0. The van der Waals surface area contributed by atoms with E-state index in [-0.39, 0.29) is 29.9 Å². The number of ether oxygens (including phenoxy) is 4. The van der Waals surface area contributed by atoms with E-state index in [1.165, 1.54) is 21.3 Å². The predicted octanol–water partition coefficient (Wildman–Crippen LogP) is 4.04. The first-order valence-electron chi connectivity index (χ1n) is 9.61. The monoisotopic (exact) mass is 422 g/mol. The molecule has 0 fully saturated rings.